The van der Waals surface area contributed by atoms with Gasteiger partial charge in [-0.15, -0.1) is 0 Å². The molecule has 5 nitrogen and oxygen atoms in total. The Morgan fingerprint density at radius 1 is 1.41 bits per heavy atom. The van der Waals surface area contributed by atoms with Crippen molar-refractivity contribution in [2.24, 2.45) is 5.92 Å². The molecule has 0 spiro atoms. The summed E-state index contributed by atoms with van der Waals surface area (Å²) in [5.74, 6) is 0.852. The third-order valence-corrected chi connectivity index (χ3v) is 4.58. The van der Waals surface area contributed by atoms with Crippen LogP contribution in [0.25, 0.3) is 0 Å². The van der Waals surface area contributed by atoms with Crippen LogP contribution in [0, 0.1) is 5.92 Å². The van der Waals surface area contributed by atoms with Gasteiger partial charge in [0.25, 0.3) is 0 Å². The molecule has 0 bridgehead atoms. The Morgan fingerprint density at radius 2 is 2.12 bits per heavy atom. The topological polar surface area (TPSA) is 75.3 Å². The minimum absolute atomic E-state index is 0.0338. The summed E-state index contributed by atoms with van der Waals surface area (Å²) < 4.78 is 22.4. The van der Waals surface area contributed by atoms with E-state index in [0.717, 1.165) is 6.42 Å². The normalized spacial score (nSPS) is 22.9. The molecule has 0 aliphatic carbocycles. The number of carbonyl (C=O) groups excluding carboxylic acids is 1. The molecule has 1 saturated heterocycles. The molecule has 0 aromatic heterocycles. The number of sulfone groups is 1. The maximum Gasteiger partial charge on any atom is 0.221 e. The Hall–Kier alpha value is -0.620. The summed E-state index contributed by atoms with van der Waals surface area (Å²) in [7, 11) is -2.78. The van der Waals surface area contributed by atoms with Crippen molar-refractivity contribution in [1.82, 2.24) is 10.6 Å². The molecule has 1 amide bonds. The average Bonchev–Trinajstić information content (AvgIpc) is 2.52. The number of nitrogens with one attached hydrogen (secondary N) is 2. The van der Waals surface area contributed by atoms with E-state index in [0.29, 0.717) is 25.3 Å². The molecular formula is C11H22N2O3S. The molecule has 100 valence electrons. The zero-order valence-electron chi connectivity index (χ0n) is 10.5. The quantitative estimate of drug-likeness (QED) is 0.657. The molecule has 0 aromatic carbocycles. The van der Waals surface area contributed by atoms with Gasteiger partial charge in [-0.2, -0.15) is 0 Å². The monoisotopic (exact) mass is 262 g/mol. The molecule has 0 aromatic rings. The second-order valence-electron chi connectivity index (χ2n) is 4.95. The van der Waals surface area contributed by atoms with Crippen LogP contribution in [0.2, 0.25) is 0 Å². The second-order valence-corrected chi connectivity index (χ2v) is 7.17. The fourth-order valence-electron chi connectivity index (χ4n) is 1.94. The first-order valence-electron chi connectivity index (χ1n) is 6.09. The molecule has 1 aliphatic heterocycles. The van der Waals surface area contributed by atoms with Gasteiger partial charge in [0.05, 0.1) is 11.5 Å². The molecule has 0 saturated carbocycles. The number of hydrogen-bond acceptors (Lipinski definition) is 4. The van der Waals surface area contributed by atoms with Gasteiger partial charge >= 0.3 is 0 Å². The summed E-state index contributed by atoms with van der Waals surface area (Å²) in [6, 6.07) is 0.169. The highest BCUT2D eigenvalue weighted by Crippen LogP contribution is 2.17. The zero-order valence-corrected chi connectivity index (χ0v) is 11.3. The molecule has 1 rings (SSSR count). The number of rotatable bonds is 6. The van der Waals surface area contributed by atoms with Gasteiger partial charge in [-0.3, -0.25) is 4.79 Å². The van der Waals surface area contributed by atoms with Gasteiger partial charge in [0.2, 0.25) is 5.91 Å². The van der Waals surface area contributed by atoms with Crippen LogP contribution in [0.1, 0.15) is 26.7 Å². The van der Waals surface area contributed by atoms with E-state index in [1.54, 1.807) is 0 Å². The van der Waals surface area contributed by atoms with Crippen molar-refractivity contribution in [2.75, 3.05) is 24.6 Å². The fraction of sp³-hybridized carbons (Fsp3) is 0.909. The van der Waals surface area contributed by atoms with E-state index in [4.69, 9.17) is 0 Å². The molecule has 1 unspecified atom stereocenters. The highest BCUT2D eigenvalue weighted by Gasteiger charge is 2.27. The maximum absolute atomic E-state index is 11.3. The van der Waals surface area contributed by atoms with E-state index in [-0.39, 0.29) is 23.6 Å². The Labute approximate surface area is 103 Å². The minimum atomic E-state index is -2.78. The van der Waals surface area contributed by atoms with Crippen molar-refractivity contribution >= 4 is 15.7 Å². The van der Waals surface area contributed by atoms with E-state index in [9.17, 15) is 13.2 Å². The first kappa shape index (κ1) is 14.4. The Morgan fingerprint density at radius 3 is 2.65 bits per heavy atom. The summed E-state index contributed by atoms with van der Waals surface area (Å²) in [6.07, 6.45) is 1.19. The van der Waals surface area contributed by atoms with E-state index < -0.39 is 9.84 Å². The Balaban J connectivity index is 2.07. The molecule has 2 N–H and O–H groups in total. The molecule has 1 fully saturated rings. The van der Waals surface area contributed by atoms with E-state index in [1.807, 2.05) is 13.8 Å². The molecule has 0 radical (unpaired) electrons. The van der Waals surface area contributed by atoms with E-state index in [1.165, 1.54) is 0 Å². The van der Waals surface area contributed by atoms with E-state index in [2.05, 4.69) is 10.6 Å². The third kappa shape index (κ3) is 6.02. The fourth-order valence-corrected chi connectivity index (χ4v) is 3.80. The predicted octanol–water partition coefficient (Wildman–Crippen LogP) is -0.0746. The van der Waals surface area contributed by atoms with Crippen molar-refractivity contribution < 1.29 is 13.2 Å². The van der Waals surface area contributed by atoms with Crippen molar-refractivity contribution in [3.63, 3.8) is 0 Å². The lowest BCUT2D eigenvalue weighted by atomic mass is 10.1. The summed E-state index contributed by atoms with van der Waals surface area (Å²) in [5.41, 5.74) is 0. The Bertz CT molecular complexity index is 352. The lowest BCUT2D eigenvalue weighted by Gasteiger charge is -2.10. The van der Waals surface area contributed by atoms with Gasteiger partial charge in [-0.25, -0.2) is 8.42 Å². The summed E-state index contributed by atoms with van der Waals surface area (Å²) in [5, 5.41) is 5.95. The maximum atomic E-state index is 11.3. The standard InChI is InChI=1S/C11H22N2O3S/c1-9(2)13-11(14)3-5-12-7-10-4-6-17(15,16)8-10/h9-10,12H,3-8H2,1-2H3,(H,13,14). The van der Waals surface area contributed by atoms with E-state index >= 15 is 0 Å². The van der Waals surface area contributed by atoms with Gasteiger partial charge < -0.3 is 10.6 Å². The van der Waals surface area contributed by atoms with Crippen molar-refractivity contribution in [2.45, 2.75) is 32.7 Å². The molecule has 6 heteroatoms. The van der Waals surface area contributed by atoms with Crippen molar-refractivity contribution in [3.8, 4) is 0 Å². The molecule has 1 heterocycles. The Kier molecular flexibility index (Phi) is 5.39. The van der Waals surface area contributed by atoms with Gasteiger partial charge in [-0.1, -0.05) is 0 Å². The highest BCUT2D eigenvalue weighted by molar-refractivity contribution is 7.91. The van der Waals surface area contributed by atoms with Crippen LogP contribution in [-0.2, 0) is 14.6 Å². The molecular weight excluding hydrogens is 240 g/mol. The molecule has 1 atom stereocenters. The van der Waals surface area contributed by atoms with Gasteiger partial charge in [0, 0.05) is 19.0 Å². The number of amides is 1. The minimum Gasteiger partial charge on any atom is -0.354 e. The van der Waals surface area contributed by atoms with Crippen molar-refractivity contribution in [1.29, 1.82) is 0 Å². The lowest BCUT2D eigenvalue weighted by Crippen LogP contribution is -2.33. The van der Waals surface area contributed by atoms with Gasteiger partial charge in [0.15, 0.2) is 9.84 Å². The van der Waals surface area contributed by atoms with Crippen LogP contribution in [0.15, 0.2) is 0 Å². The van der Waals surface area contributed by atoms with Gasteiger partial charge in [0.1, 0.15) is 0 Å². The first-order valence-corrected chi connectivity index (χ1v) is 7.91. The van der Waals surface area contributed by atoms with Crippen LogP contribution in [-0.4, -0.2) is 45.0 Å². The SMILES string of the molecule is CC(C)NC(=O)CCNCC1CCS(=O)(=O)C1. The summed E-state index contributed by atoms with van der Waals surface area (Å²) in [6.45, 7) is 5.15. The second kappa shape index (κ2) is 6.35. The largest absolute Gasteiger partial charge is 0.354 e. The van der Waals surface area contributed by atoms with Crippen LogP contribution >= 0.6 is 0 Å². The van der Waals surface area contributed by atoms with Crippen LogP contribution in [0.3, 0.4) is 0 Å². The smallest absolute Gasteiger partial charge is 0.221 e. The predicted molar refractivity (Wildman–Crippen MR) is 67.5 cm³/mol. The molecule has 17 heavy (non-hydrogen) atoms. The lowest BCUT2D eigenvalue weighted by molar-refractivity contribution is -0.121. The first-order chi connectivity index (χ1) is 7.89. The van der Waals surface area contributed by atoms with Crippen LogP contribution < -0.4 is 10.6 Å². The average molecular weight is 262 g/mol. The molecule has 1 aliphatic rings. The number of hydrogen-bond donors (Lipinski definition) is 2. The summed E-state index contributed by atoms with van der Waals surface area (Å²) in [4.78, 5) is 11.3. The van der Waals surface area contributed by atoms with Crippen molar-refractivity contribution in [3.05, 3.63) is 0 Å². The number of carbonyl (C=O) groups is 1. The van der Waals surface area contributed by atoms with Crippen LogP contribution in [0.5, 0.6) is 0 Å². The van der Waals surface area contributed by atoms with Gasteiger partial charge in [-0.05, 0) is 32.7 Å². The highest BCUT2D eigenvalue weighted by atomic mass is 32.2. The van der Waals surface area contributed by atoms with Crippen LogP contribution in [0.4, 0.5) is 0 Å². The summed E-state index contributed by atoms with van der Waals surface area (Å²) >= 11 is 0. The zero-order chi connectivity index (χ0) is 12.9. The third-order valence-electron chi connectivity index (χ3n) is 2.74.